The maximum absolute atomic E-state index is 13.1. The van der Waals surface area contributed by atoms with E-state index in [-0.39, 0.29) is 11.5 Å². The van der Waals surface area contributed by atoms with Gasteiger partial charge in [-0.1, -0.05) is 25.7 Å². The van der Waals surface area contributed by atoms with Gasteiger partial charge < -0.3 is 4.90 Å². The van der Waals surface area contributed by atoms with Crippen molar-refractivity contribution >= 4 is 17.2 Å². The Kier molecular flexibility index (Phi) is 5.79. The van der Waals surface area contributed by atoms with Gasteiger partial charge >= 0.3 is 0 Å². The van der Waals surface area contributed by atoms with Gasteiger partial charge in [0.05, 0.1) is 17.0 Å². The highest BCUT2D eigenvalue weighted by atomic mass is 32.1. The summed E-state index contributed by atoms with van der Waals surface area (Å²) in [5.74, 6) is 0.0170. The highest BCUT2D eigenvalue weighted by molar-refractivity contribution is 7.17. The Bertz CT molecular complexity index is 907. The third kappa shape index (κ3) is 3.83. The minimum Gasteiger partial charge on any atom is -0.338 e. The maximum atomic E-state index is 13.1. The molecule has 0 aliphatic heterocycles. The van der Waals surface area contributed by atoms with Crippen molar-refractivity contribution in [2.75, 3.05) is 7.05 Å². The molecular weight excluding hydrogens is 360 g/mol. The van der Waals surface area contributed by atoms with Crippen molar-refractivity contribution in [3.05, 3.63) is 32.2 Å². The molecule has 3 rings (SSSR count). The summed E-state index contributed by atoms with van der Waals surface area (Å²) in [5.41, 5.74) is 2.68. The molecule has 27 heavy (non-hydrogen) atoms. The number of aryl methyl sites for hydroxylation is 3. The predicted molar refractivity (Wildman–Crippen MR) is 108 cm³/mol. The van der Waals surface area contributed by atoms with Crippen LogP contribution in [0.25, 0.3) is 10.6 Å². The monoisotopic (exact) mass is 388 g/mol. The number of rotatable bonds is 3. The fourth-order valence-corrected chi connectivity index (χ4v) is 4.92. The summed E-state index contributed by atoms with van der Waals surface area (Å²) in [6, 6.07) is 0.294. The van der Waals surface area contributed by atoms with Crippen molar-refractivity contribution in [2.24, 2.45) is 7.05 Å². The summed E-state index contributed by atoms with van der Waals surface area (Å²) in [6.45, 7) is 5.61. The highest BCUT2D eigenvalue weighted by Crippen LogP contribution is 2.30. The number of nitrogens with zero attached hydrogens (tertiary/aromatic N) is 4. The van der Waals surface area contributed by atoms with E-state index in [0.29, 0.717) is 27.2 Å². The number of hydrogen-bond donors (Lipinski definition) is 0. The molecule has 2 aromatic rings. The second-order valence-electron chi connectivity index (χ2n) is 7.51. The molecule has 6 nitrogen and oxygen atoms in total. The summed E-state index contributed by atoms with van der Waals surface area (Å²) >= 11 is 1.32. The van der Waals surface area contributed by atoms with Gasteiger partial charge in [-0.3, -0.25) is 9.59 Å². The van der Waals surface area contributed by atoms with Gasteiger partial charge in [0.2, 0.25) is 0 Å². The average Bonchev–Trinajstić information content (AvgIpc) is 2.84. The fraction of sp³-hybridized carbons (Fsp3) is 0.600. The zero-order valence-corrected chi connectivity index (χ0v) is 17.7. The van der Waals surface area contributed by atoms with Crippen molar-refractivity contribution in [1.82, 2.24) is 19.7 Å². The smallest absolute Gasteiger partial charge is 0.277 e. The maximum Gasteiger partial charge on any atom is 0.277 e. The largest absolute Gasteiger partial charge is 0.338 e. The van der Waals surface area contributed by atoms with Crippen LogP contribution in [-0.4, -0.2) is 38.7 Å². The van der Waals surface area contributed by atoms with E-state index >= 15 is 0 Å². The van der Waals surface area contributed by atoms with Crippen molar-refractivity contribution in [2.45, 2.75) is 65.3 Å². The molecule has 0 N–H and O–H groups in total. The second kappa shape index (κ2) is 7.92. The van der Waals surface area contributed by atoms with Gasteiger partial charge in [0, 0.05) is 20.1 Å². The first-order valence-electron chi connectivity index (χ1n) is 9.60. The molecular formula is C20H28N4O2S. The number of aromatic nitrogens is 3. The molecule has 2 heterocycles. The van der Waals surface area contributed by atoms with Gasteiger partial charge in [-0.2, -0.15) is 5.10 Å². The molecule has 146 valence electrons. The Morgan fingerprint density at radius 2 is 1.74 bits per heavy atom. The van der Waals surface area contributed by atoms with E-state index in [1.165, 1.54) is 41.7 Å². The van der Waals surface area contributed by atoms with Gasteiger partial charge in [-0.25, -0.2) is 9.67 Å². The van der Waals surface area contributed by atoms with Gasteiger partial charge in [-0.15, -0.1) is 11.3 Å². The highest BCUT2D eigenvalue weighted by Gasteiger charge is 2.27. The number of thiazole rings is 1. The molecule has 0 atom stereocenters. The van der Waals surface area contributed by atoms with E-state index in [0.717, 1.165) is 24.1 Å². The predicted octanol–water partition coefficient (Wildman–Crippen LogP) is 3.62. The van der Waals surface area contributed by atoms with Crippen LogP contribution in [0.3, 0.4) is 0 Å². The summed E-state index contributed by atoms with van der Waals surface area (Å²) in [7, 11) is 3.54. The summed E-state index contributed by atoms with van der Waals surface area (Å²) in [6.07, 6.45) is 7.01. The third-order valence-corrected chi connectivity index (χ3v) is 6.79. The van der Waals surface area contributed by atoms with Gasteiger partial charge in [0.25, 0.3) is 11.5 Å². The lowest BCUT2D eigenvalue weighted by molar-refractivity contribution is 0.0721. The van der Waals surface area contributed by atoms with Crippen LogP contribution in [0, 0.1) is 20.8 Å². The van der Waals surface area contributed by atoms with Crippen LogP contribution in [0.5, 0.6) is 0 Å². The van der Waals surface area contributed by atoms with Crippen molar-refractivity contribution < 1.29 is 4.79 Å². The van der Waals surface area contributed by atoms with Crippen LogP contribution in [0.2, 0.25) is 0 Å². The topological polar surface area (TPSA) is 68.1 Å². The Morgan fingerprint density at radius 3 is 2.37 bits per heavy atom. The molecule has 1 aliphatic rings. The summed E-state index contributed by atoms with van der Waals surface area (Å²) < 4.78 is 1.34. The van der Waals surface area contributed by atoms with Crippen LogP contribution in [0.4, 0.5) is 0 Å². The normalized spacial score (nSPS) is 15.6. The van der Waals surface area contributed by atoms with Crippen LogP contribution in [0.1, 0.15) is 65.1 Å². The van der Waals surface area contributed by atoms with E-state index in [1.54, 1.807) is 7.05 Å². The summed E-state index contributed by atoms with van der Waals surface area (Å²) in [5, 5.41) is 4.83. The molecule has 2 aromatic heterocycles. The molecule has 0 unspecified atom stereocenters. The first-order valence-corrected chi connectivity index (χ1v) is 10.4. The van der Waals surface area contributed by atoms with Gasteiger partial charge in [0.1, 0.15) is 9.88 Å². The van der Waals surface area contributed by atoms with Crippen LogP contribution >= 0.6 is 11.3 Å². The molecule has 0 spiro atoms. The molecule has 0 saturated heterocycles. The van der Waals surface area contributed by atoms with Crippen molar-refractivity contribution in [3.63, 3.8) is 0 Å². The zero-order valence-electron chi connectivity index (χ0n) is 16.8. The van der Waals surface area contributed by atoms with E-state index in [9.17, 15) is 9.59 Å². The number of amides is 1. The zero-order chi connectivity index (χ0) is 19.7. The second-order valence-corrected chi connectivity index (χ2v) is 8.51. The molecule has 0 bridgehead atoms. The van der Waals surface area contributed by atoms with Gasteiger partial charge in [0.15, 0.2) is 0 Å². The molecule has 0 radical (unpaired) electrons. The SMILES string of the molecule is Cc1nc(-c2c(C)c(C)nn(C)c2=O)sc1C(=O)N(C)C1CCCCCC1. The molecule has 7 heteroatoms. The van der Waals surface area contributed by atoms with Crippen molar-refractivity contribution in [1.29, 1.82) is 0 Å². The number of hydrogen-bond acceptors (Lipinski definition) is 5. The Morgan fingerprint density at radius 1 is 1.11 bits per heavy atom. The quantitative estimate of drug-likeness (QED) is 0.753. The van der Waals surface area contributed by atoms with Gasteiger partial charge in [-0.05, 0) is 39.2 Å². The molecule has 1 saturated carbocycles. The Labute approximate surface area is 164 Å². The molecule has 1 fully saturated rings. The standard InChI is InChI=1S/C20H28N4O2S/c1-12-13(2)22-24(5)19(25)16(12)18-21-14(3)17(27-18)20(26)23(4)15-10-8-6-7-9-11-15/h15H,6-11H2,1-5H3. The third-order valence-electron chi connectivity index (χ3n) is 5.62. The lowest BCUT2D eigenvalue weighted by atomic mass is 10.1. The first-order chi connectivity index (χ1) is 12.8. The molecule has 1 aliphatic carbocycles. The minimum atomic E-state index is -0.178. The lowest BCUT2D eigenvalue weighted by Gasteiger charge is -2.26. The average molecular weight is 389 g/mol. The van der Waals surface area contributed by atoms with E-state index in [2.05, 4.69) is 10.1 Å². The summed E-state index contributed by atoms with van der Waals surface area (Å²) in [4.78, 5) is 32.9. The van der Waals surface area contributed by atoms with Crippen LogP contribution in [0.15, 0.2) is 4.79 Å². The number of carbonyl (C=O) groups is 1. The lowest BCUT2D eigenvalue weighted by Crippen LogP contribution is -2.36. The van der Waals surface area contributed by atoms with E-state index in [1.807, 2.05) is 32.7 Å². The minimum absolute atomic E-state index is 0.0170. The van der Waals surface area contributed by atoms with Crippen molar-refractivity contribution in [3.8, 4) is 10.6 Å². The fourth-order valence-electron chi connectivity index (χ4n) is 3.77. The Hall–Kier alpha value is -2.02. The first kappa shape index (κ1) is 19.7. The molecule has 0 aromatic carbocycles. The number of carbonyl (C=O) groups excluding carboxylic acids is 1. The van der Waals surface area contributed by atoms with E-state index in [4.69, 9.17) is 0 Å². The Balaban J connectivity index is 1.95. The van der Waals surface area contributed by atoms with E-state index < -0.39 is 0 Å². The van der Waals surface area contributed by atoms with Crippen LogP contribution in [-0.2, 0) is 7.05 Å². The molecule has 1 amide bonds. The van der Waals surface area contributed by atoms with Crippen LogP contribution < -0.4 is 5.56 Å².